The molecule has 0 unspecified atom stereocenters. The fourth-order valence-corrected chi connectivity index (χ4v) is 1.80. The smallest absolute Gasteiger partial charge is 0.253 e. The highest BCUT2D eigenvalue weighted by Gasteiger charge is 2.13. The van der Waals surface area contributed by atoms with Crippen LogP contribution in [0.2, 0.25) is 0 Å². The van der Waals surface area contributed by atoms with Gasteiger partial charge in [0.25, 0.3) is 5.91 Å². The molecule has 0 aliphatic heterocycles. The van der Waals surface area contributed by atoms with E-state index in [0.29, 0.717) is 17.7 Å². The molecule has 0 radical (unpaired) electrons. The van der Waals surface area contributed by atoms with Crippen molar-refractivity contribution in [2.24, 2.45) is 7.05 Å². The average Bonchev–Trinajstić information content (AvgIpc) is 2.83. The number of carbonyl (C=O) groups excluding carboxylic acids is 1. The summed E-state index contributed by atoms with van der Waals surface area (Å²) < 4.78 is 1.70. The van der Waals surface area contributed by atoms with E-state index in [4.69, 9.17) is 5.26 Å². The Bertz CT molecular complexity index is 639. The molecule has 5 nitrogen and oxygen atoms in total. The number of rotatable bonds is 3. The van der Waals surface area contributed by atoms with Gasteiger partial charge in [0, 0.05) is 25.9 Å². The zero-order valence-corrected chi connectivity index (χ0v) is 10.9. The normalized spacial score (nSPS) is 9.95. The summed E-state index contributed by atoms with van der Waals surface area (Å²) in [4.78, 5) is 13.8. The minimum Gasteiger partial charge on any atom is -0.336 e. The van der Waals surface area contributed by atoms with Crippen molar-refractivity contribution >= 4 is 5.91 Å². The lowest BCUT2D eigenvalue weighted by molar-refractivity contribution is 0.0783. The van der Waals surface area contributed by atoms with Gasteiger partial charge in [0.2, 0.25) is 0 Å². The minimum absolute atomic E-state index is 0.122. The lowest BCUT2D eigenvalue weighted by Crippen LogP contribution is -2.26. The van der Waals surface area contributed by atoms with Gasteiger partial charge in [0.1, 0.15) is 0 Å². The Morgan fingerprint density at radius 2 is 2.26 bits per heavy atom. The fourth-order valence-electron chi connectivity index (χ4n) is 1.80. The largest absolute Gasteiger partial charge is 0.336 e. The van der Waals surface area contributed by atoms with Crippen molar-refractivity contribution in [3.63, 3.8) is 0 Å². The molecule has 5 heteroatoms. The maximum absolute atomic E-state index is 12.2. The molecule has 2 aromatic rings. The number of hydrogen-bond donors (Lipinski definition) is 0. The standard InChI is InChI=1S/C14H14N4O/c1-17(10-13-6-7-18(2)16-13)14(19)12-5-3-4-11(8-12)9-15/h3-8H,10H2,1-2H3. The van der Waals surface area contributed by atoms with Gasteiger partial charge >= 0.3 is 0 Å². The highest BCUT2D eigenvalue weighted by Crippen LogP contribution is 2.09. The summed E-state index contributed by atoms with van der Waals surface area (Å²) in [6.07, 6.45) is 1.84. The van der Waals surface area contributed by atoms with Gasteiger partial charge in [-0.3, -0.25) is 9.48 Å². The van der Waals surface area contributed by atoms with Gasteiger partial charge in [0.05, 0.1) is 23.9 Å². The molecular formula is C14H14N4O. The lowest BCUT2D eigenvalue weighted by atomic mass is 10.1. The van der Waals surface area contributed by atoms with Crippen molar-refractivity contribution in [3.8, 4) is 6.07 Å². The summed E-state index contributed by atoms with van der Waals surface area (Å²) in [6.45, 7) is 0.441. The van der Waals surface area contributed by atoms with Crippen molar-refractivity contribution in [2.75, 3.05) is 7.05 Å². The summed E-state index contributed by atoms with van der Waals surface area (Å²) in [5.74, 6) is -0.122. The third kappa shape index (κ3) is 2.99. The predicted octanol–water partition coefficient (Wildman–Crippen LogP) is 1.56. The van der Waals surface area contributed by atoms with Gasteiger partial charge in [-0.15, -0.1) is 0 Å². The molecular weight excluding hydrogens is 240 g/mol. The van der Waals surface area contributed by atoms with Crippen LogP contribution in [0.4, 0.5) is 0 Å². The fraction of sp³-hybridized carbons (Fsp3) is 0.214. The minimum atomic E-state index is -0.122. The second-order valence-corrected chi connectivity index (χ2v) is 4.33. The number of aryl methyl sites for hydroxylation is 1. The Hall–Kier alpha value is -2.61. The first-order valence-corrected chi connectivity index (χ1v) is 5.84. The van der Waals surface area contributed by atoms with Gasteiger partial charge in [-0.25, -0.2) is 0 Å². The topological polar surface area (TPSA) is 61.9 Å². The molecule has 0 spiro atoms. The molecule has 96 valence electrons. The van der Waals surface area contributed by atoms with E-state index in [-0.39, 0.29) is 5.91 Å². The Morgan fingerprint density at radius 1 is 1.47 bits per heavy atom. The van der Waals surface area contributed by atoms with E-state index in [9.17, 15) is 4.79 Å². The number of benzene rings is 1. The van der Waals surface area contributed by atoms with Crippen LogP contribution in [0.1, 0.15) is 21.6 Å². The number of aromatic nitrogens is 2. The van der Waals surface area contributed by atoms with E-state index in [1.54, 1.807) is 40.9 Å². The molecule has 0 aliphatic carbocycles. The molecule has 1 aromatic heterocycles. The summed E-state index contributed by atoms with van der Waals surface area (Å²) in [7, 11) is 3.55. The van der Waals surface area contributed by atoms with Crippen molar-refractivity contribution in [1.29, 1.82) is 5.26 Å². The van der Waals surface area contributed by atoms with E-state index >= 15 is 0 Å². The summed E-state index contributed by atoms with van der Waals surface area (Å²) in [6, 6.07) is 10.6. The van der Waals surface area contributed by atoms with E-state index in [0.717, 1.165) is 5.69 Å². The van der Waals surface area contributed by atoms with E-state index < -0.39 is 0 Å². The lowest BCUT2D eigenvalue weighted by Gasteiger charge is -2.15. The zero-order valence-electron chi connectivity index (χ0n) is 10.9. The van der Waals surface area contributed by atoms with Gasteiger partial charge in [-0.1, -0.05) is 6.07 Å². The third-order valence-electron chi connectivity index (χ3n) is 2.75. The van der Waals surface area contributed by atoms with E-state index in [1.807, 2.05) is 25.4 Å². The molecule has 0 atom stereocenters. The number of hydrogen-bond acceptors (Lipinski definition) is 3. The van der Waals surface area contributed by atoms with Crippen molar-refractivity contribution in [1.82, 2.24) is 14.7 Å². The van der Waals surface area contributed by atoms with Crippen LogP contribution >= 0.6 is 0 Å². The van der Waals surface area contributed by atoms with Gasteiger partial charge in [0.15, 0.2) is 0 Å². The van der Waals surface area contributed by atoms with Crippen LogP contribution in [-0.4, -0.2) is 27.6 Å². The van der Waals surface area contributed by atoms with Crippen LogP contribution in [-0.2, 0) is 13.6 Å². The molecule has 0 saturated heterocycles. The number of amides is 1. The monoisotopic (exact) mass is 254 g/mol. The van der Waals surface area contributed by atoms with Crippen LogP contribution in [0.25, 0.3) is 0 Å². The second kappa shape index (κ2) is 5.36. The first kappa shape index (κ1) is 12.8. The molecule has 2 rings (SSSR count). The van der Waals surface area contributed by atoms with E-state index in [2.05, 4.69) is 5.10 Å². The Kier molecular flexibility index (Phi) is 3.62. The Balaban J connectivity index is 2.12. The van der Waals surface area contributed by atoms with Crippen LogP contribution in [0.5, 0.6) is 0 Å². The highest BCUT2D eigenvalue weighted by atomic mass is 16.2. The van der Waals surface area contributed by atoms with Crippen LogP contribution in [0.3, 0.4) is 0 Å². The first-order valence-electron chi connectivity index (χ1n) is 5.84. The molecule has 0 bridgehead atoms. The van der Waals surface area contributed by atoms with E-state index in [1.165, 1.54) is 0 Å². The summed E-state index contributed by atoms with van der Waals surface area (Å²) in [5.41, 5.74) is 1.82. The molecule has 1 heterocycles. The Labute approximate surface area is 111 Å². The van der Waals surface area contributed by atoms with Crippen LogP contribution < -0.4 is 0 Å². The van der Waals surface area contributed by atoms with Gasteiger partial charge < -0.3 is 4.90 Å². The molecule has 0 fully saturated rings. The SMILES string of the molecule is CN(Cc1ccn(C)n1)C(=O)c1cccc(C#N)c1. The predicted molar refractivity (Wildman–Crippen MR) is 70.2 cm³/mol. The third-order valence-corrected chi connectivity index (χ3v) is 2.75. The second-order valence-electron chi connectivity index (χ2n) is 4.33. The van der Waals surface area contributed by atoms with Crippen LogP contribution in [0, 0.1) is 11.3 Å². The average molecular weight is 254 g/mol. The van der Waals surface area contributed by atoms with Crippen molar-refractivity contribution < 1.29 is 4.79 Å². The summed E-state index contributed by atoms with van der Waals surface area (Å²) in [5, 5.41) is 13.1. The molecule has 0 saturated carbocycles. The highest BCUT2D eigenvalue weighted by molar-refractivity contribution is 5.94. The summed E-state index contributed by atoms with van der Waals surface area (Å²) >= 11 is 0. The first-order chi connectivity index (χ1) is 9.10. The number of nitrogens with zero attached hydrogens (tertiary/aromatic N) is 4. The van der Waals surface area contributed by atoms with Crippen molar-refractivity contribution in [3.05, 3.63) is 53.3 Å². The van der Waals surface area contributed by atoms with Gasteiger partial charge in [-0.2, -0.15) is 10.4 Å². The molecule has 0 N–H and O–H groups in total. The molecule has 1 amide bonds. The number of carbonyl (C=O) groups is 1. The maximum Gasteiger partial charge on any atom is 0.253 e. The van der Waals surface area contributed by atoms with Crippen molar-refractivity contribution in [2.45, 2.75) is 6.54 Å². The Morgan fingerprint density at radius 3 is 2.89 bits per heavy atom. The van der Waals surface area contributed by atoms with Gasteiger partial charge in [-0.05, 0) is 24.3 Å². The molecule has 19 heavy (non-hydrogen) atoms. The maximum atomic E-state index is 12.2. The van der Waals surface area contributed by atoms with Crippen LogP contribution in [0.15, 0.2) is 36.5 Å². The molecule has 1 aromatic carbocycles. The number of nitriles is 1. The molecule has 0 aliphatic rings. The quantitative estimate of drug-likeness (QED) is 0.835. The zero-order chi connectivity index (χ0) is 13.8.